The van der Waals surface area contributed by atoms with E-state index in [9.17, 15) is 26.7 Å². The topological polar surface area (TPSA) is 63.6 Å². The van der Waals surface area contributed by atoms with Gasteiger partial charge in [0.05, 0.1) is 11.0 Å². The van der Waals surface area contributed by atoms with E-state index in [0.29, 0.717) is 0 Å². The van der Waals surface area contributed by atoms with E-state index in [1.54, 1.807) is 6.92 Å². The van der Waals surface area contributed by atoms with Crippen molar-refractivity contribution in [3.05, 3.63) is 42.0 Å². The second-order valence-electron chi connectivity index (χ2n) is 5.05. The Balaban J connectivity index is 3.07. The number of halogens is 3. The summed E-state index contributed by atoms with van der Waals surface area (Å²) in [5.74, 6) is 0. The van der Waals surface area contributed by atoms with E-state index in [0.717, 1.165) is 17.7 Å². The van der Waals surface area contributed by atoms with Gasteiger partial charge in [-0.15, -0.1) is 6.58 Å². The van der Waals surface area contributed by atoms with Crippen LogP contribution in [0.2, 0.25) is 0 Å². The van der Waals surface area contributed by atoms with Crippen LogP contribution in [0.5, 0.6) is 0 Å². The van der Waals surface area contributed by atoms with E-state index in [-0.39, 0.29) is 5.57 Å². The number of aliphatic hydroxyl groups excluding tert-OH is 1. The number of aliphatic hydroxyl groups is 1. The molecular formula is C14H17F3O4S. The molecule has 0 saturated heterocycles. The number of hydrogen-bond donors (Lipinski definition) is 1. The molecule has 0 spiro atoms. The van der Waals surface area contributed by atoms with Crippen LogP contribution >= 0.6 is 0 Å². The zero-order chi connectivity index (χ0) is 17.1. The molecule has 8 heteroatoms. The Bertz CT molecular complexity index is 620. The van der Waals surface area contributed by atoms with Crippen molar-refractivity contribution in [2.24, 2.45) is 0 Å². The highest BCUT2D eigenvalue weighted by molar-refractivity contribution is 7.86. The highest BCUT2D eigenvalue weighted by atomic mass is 32.2. The molecule has 1 rings (SSSR count). The Morgan fingerprint density at radius 3 is 2.23 bits per heavy atom. The first-order valence-electron chi connectivity index (χ1n) is 6.32. The molecule has 2 atom stereocenters. The van der Waals surface area contributed by atoms with Crippen molar-refractivity contribution >= 4 is 10.1 Å². The molecule has 0 bridgehead atoms. The van der Waals surface area contributed by atoms with Gasteiger partial charge in [-0.2, -0.15) is 21.6 Å². The fourth-order valence-corrected chi connectivity index (χ4v) is 2.79. The third-order valence-corrected chi connectivity index (χ3v) is 4.08. The molecule has 0 aliphatic rings. The summed E-state index contributed by atoms with van der Waals surface area (Å²) in [6.07, 6.45) is -10.4. The van der Waals surface area contributed by atoms with Gasteiger partial charge < -0.3 is 5.11 Å². The fourth-order valence-electron chi connectivity index (χ4n) is 1.70. The van der Waals surface area contributed by atoms with Gasteiger partial charge in [-0.25, -0.2) is 0 Å². The van der Waals surface area contributed by atoms with E-state index in [2.05, 4.69) is 10.8 Å². The maximum Gasteiger partial charge on any atom is 0.418 e. The predicted octanol–water partition coefficient (Wildman–Crippen LogP) is 2.96. The van der Waals surface area contributed by atoms with E-state index < -0.39 is 39.8 Å². The Labute approximate surface area is 127 Å². The lowest BCUT2D eigenvalue weighted by molar-refractivity contribution is -0.219. The van der Waals surface area contributed by atoms with Crippen LogP contribution < -0.4 is 0 Å². The molecule has 0 aliphatic heterocycles. The van der Waals surface area contributed by atoms with Gasteiger partial charge in [0.15, 0.2) is 6.10 Å². The predicted molar refractivity (Wildman–Crippen MR) is 74.7 cm³/mol. The largest absolute Gasteiger partial charge is 0.418 e. The normalized spacial score (nSPS) is 15.4. The first-order chi connectivity index (χ1) is 9.93. The van der Waals surface area contributed by atoms with Gasteiger partial charge in [0.25, 0.3) is 10.1 Å². The van der Waals surface area contributed by atoms with Crippen LogP contribution in [0.1, 0.15) is 18.9 Å². The van der Waals surface area contributed by atoms with E-state index >= 15 is 0 Å². The first kappa shape index (κ1) is 18.7. The molecule has 1 aromatic carbocycles. The number of hydrogen-bond acceptors (Lipinski definition) is 4. The second-order valence-corrected chi connectivity index (χ2v) is 6.63. The first-order valence-corrected chi connectivity index (χ1v) is 7.73. The molecule has 0 radical (unpaired) electrons. The number of aryl methyl sites for hydroxylation is 1. The van der Waals surface area contributed by atoms with Crippen LogP contribution in [0.4, 0.5) is 13.2 Å². The van der Waals surface area contributed by atoms with Crippen molar-refractivity contribution in [2.75, 3.05) is 0 Å². The Morgan fingerprint density at radius 2 is 1.82 bits per heavy atom. The van der Waals surface area contributed by atoms with Crippen LogP contribution in [-0.2, 0) is 14.3 Å². The Morgan fingerprint density at radius 1 is 1.32 bits per heavy atom. The third kappa shape index (κ3) is 5.11. The Kier molecular flexibility index (Phi) is 5.77. The highest BCUT2D eigenvalue weighted by Gasteiger charge is 2.48. The van der Waals surface area contributed by atoms with Crippen LogP contribution in [0, 0.1) is 6.92 Å². The van der Waals surface area contributed by atoms with Crippen molar-refractivity contribution in [2.45, 2.75) is 43.5 Å². The van der Waals surface area contributed by atoms with Gasteiger partial charge in [0.2, 0.25) is 0 Å². The van der Waals surface area contributed by atoms with E-state index in [4.69, 9.17) is 0 Å². The molecule has 0 aromatic heterocycles. The zero-order valence-electron chi connectivity index (χ0n) is 12.1. The minimum absolute atomic E-state index is 0.276. The van der Waals surface area contributed by atoms with Gasteiger partial charge in [-0.3, -0.25) is 4.18 Å². The minimum atomic E-state index is -5.04. The number of alkyl halides is 3. The zero-order valence-corrected chi connectivity index (χ0v) is 12.9. The fraction of sp³-hybridized carbons (Fsp3) is 0.429. The van der Waals surface area contributed by atoms with Crippen molar-refractivity contribution < 1.29 is 30.9 Å². The molecule has 0 unspecified atom stereocenters. The molecule has 1 N–H and O–H groups in total. The Hall–Kier alpha value is -1.38. The molecule has 0 amide bonds. The average molecular weight is 338 g/mol. The monoisotopic (exact) mass is 338 g/mol. The average Bonchev–Trinajstić information content (AvgIpc) is 2.34. The van der Waals surface area contributed by atoms with Crippen molar-refractivity contribution in [3.63, 3.8) is 0 Å². The maximum atomic E-state index is 13.0. The minimum Gasteiger partial charge on any atom is -0.390 e. The third-order valence-electron chi connectivity index (χ3n) is 2.77. The summed E-state index contributed by atoms with van der Waals surface area (Å²) in [5, 5.41) is 9.60. The van der Waals surface area contributed by atoms with Gasteiger partial charge in [-0.1, -0.05) is 23.3 Å². The summed E-state index contributed by atoms with van der Waals surface area (Å²) < 4.78 is 67.0. The van der Waals surface area contributed by atoms with Crippen molar-refractivity contribution in [1.82, 2.24) is 0 Å². The van der Waals surface area contributed by atoms with Crippen LogP contribution in [0.25, 0.3) is 0 Å². The highest BCUT2D eigenvalue weighted by Crippen LogP contribution is 2.30. The van der Waals surface area contributed by atoms with Crippen molar-refractivity contribution in [1.29, 1.82) is 0 Å². The molecule has 22 heavy (non-hydrogen) atoms. The van der Waals surface area contributed by atoms with E-state index in [1.807, 2.05) is 0 Å². The molecular weight excluding hydrogens is 321 g/mol. The summed E-state index contributed by atoms with van der Waals surface area (Å²) in [6, 6.07) is 5.15. The lowest BCUT2D eigenvalue weighted by Crippen LogP contribution is -2.43. The smallest absolute Gasteiger partial charge is 0.390 e. The molecule has 0 saturated carbocycles. The molecule has 124 valence electrons. The van der Waals surface area contributed by atoms with E-state index in [1.165, 1.54) is 19.1 Å². The summed E-state index contributed by atoms with van der Waals surface area (Å²) in [4.78, 5) is -0.408. The SMILES string of the molecule is C=C(C)C[C@H](O)[C@@H](OS(=O)(=O)c1ccc(C)cc1)C(F)(F)F. The number of benzene rings is 1. The van der Waals surface area contributed by atoms with Crippen molar-refractivity contribution in [3.8, 4) is 0 Å². The summed E-state index contributed by atoms with van der Waals surface area (Å²) >= 11 is 0. The van der Waals surface area contributed by atoms with Crippen LogP contribution in [0.15, 0.2) is 41.3 Å². The number of rotatable bonds is 6. The van der Waals surface area contributed by atoms with Gasteiger partial charge >= 0.3 is 6.18 Å². The molecule has 0 aliphatic carbocycles. The van der Waals surface area contributed by atoms with Gasteiger partial charge in [0.1, 0.15) is 0 Å². The van der Waals surface area contributed by atoms with Gasteiger partial charge in [-0.05, 0) is 32.4 Å². The molecule has 0 fully saturated rings. The molecule has 0 heterocycles. The standard InChI is InChI=1S/C14H17F3O4S/c1-9(2)8-12(18)13(14(15,16)17)21-22(19,20)11-6-4-10(3)5-7-11/h4-7,12-13,18H,1,8H2,2-3H3/t12-,13+/m0/s1. The molecule has 4 nitrogen and oxygen atoms in total. The summed E-state index contributed by atoms with van der Waals surface area (Å²) in [6.45, 7) is 6.51. The van der Waals surface area contributed by atoms with Crippen LogP contribution in [-0.4, -0.2) is 31.9 Å². The quantitative estimate of drug-likeness (QED) is 0.640. The van der Waals surface area contributed by atoms with Gasteiger partial charge in [0, 0.05) is 0 Å². The maximum absolute atomic E-state index is 13.0. The van der Waals surface area contributed by atoms with Crippen LogP contribution in [0.3, 0.4) is 0 Å². The summed E-state index contributed by atoms with van der Waals surface area (Å²) in [7, 11) is -4.65. The summed E-state index contributed by atoms with van der Waals surface area (Å²) in [5.41, 5.74) is 1.02. The molecule has 1 aromatic rings. The lowest BCUT2D eigenvalue weighted by atomic mass is 10.1. The second kappa shape index (κ2) is 6.80. The lowest BCUT2D eigenvalue weighted by Gasteiger charge is -2.25.